The van der Waals surface area contributed by atoms with Gasteiger partial charge < -0.3 is 9.72 Å². The third-order valence-electron chi connectivity index (χ3n) is 2.90. The van der Waals surface area contributed by atoms with E-state index >= 15 is 0 Å². The minimum Gasteiger partial charge on any atom is -0.462 e. The third-order valence-corrected chi connectivity index (χ3v) is 2.90. The molecule has 1 aromatic rings. The molecule has 3 heteroatoms. The summed E-state index contributed by atoms with van der Waals surface area (Å²) in [5, 5.41) is 0. The van der Waals surface area contributed by atoms with E-state index in [1.165, 1.54) is 25.7 Å². The van der Waals surface area contributed by atoms with Crippen LogP contribution in [-0.4, -0.2) is 17.6 Å². The summed E-state index contributed by atoms with van der Waals surface area (Å²) >= 11 is 0. The van der Waals surface area contributed by atoms with Gasteiger partial charge in [-0.1, -0.05) is 39.0 Å². The summed E-state index contributed by atoms with van der Waals surface area (Å²) in [7, 11) is 0. The second-order valence-corrected chi connectivity index (χ2v) is 4.46. The van der Waals surface area contributed by atoms with Gasteiger partial charge in [-0.05, 0) is 18.9 Å². The third kappa shape index (κ3) is 5.07. The second-order valence-electron chi connectivity index (χ2n) is 4.46. The van der Waals surface area contributed by atoms with Crippen molar-refractivity contribution in [3.8, 4) is 0 Å². The van der Waals surface area contributed by atoms with Gasteiger partial charge >= 0.3 is 5.97 Å². The van der Waals surface area contributed by atoms with Gasteiger partial charge in [-0.25, -0.2) is 4.79 Å². The summed E-state index contributed by atoms with van der Waals surface area (Å²) < 4.78 is 5.21. The maximum atomic E-state index is 11.6. The molecule has 0 bridgehead atoms. The van der Waals surface area contributed by atoms with Crippen LogP contribution in [0, 0.1) is 6.92 Å². The van der Waals surface area contributed by atoms with Crippen LogP contribution in [0.2, 0.25) is 0 Å². The number of nitrogens with one attached hydrogen (secondary N) is 1. The minimum absolute atomic E-state index is 0.211. The molecule has 0 aliphatic carbocycles. The number of aryl methyl sites for hydroxylation is 1. The largest absolute Gasteiger partial charge is 0.462 e. The average Bonchev–Trinajstić information content (AvgIpc) is 2.74. The van der Waals surface area contributed by atoms with Crippen molar-refractivity contribution < 1.29 is 9.53 Å². The van der Waals surface area contributed by atoms with Crippen molar-refractivity contribution in [2.24, 2.45) is 0 Å². The molecule has 0 unspecified atom stereocenters. The molecule has 0 saturated heterocycles. The monoisotopic (exact) mass is 237 g/mol. The van der Waals surface area contributed by atoms with Crippen molar-refractivity contribution >= 4 is 5.97 Å². The Labute approximate surface area is 104 Å². The lowest BCUT2D eigenvalue weighted by atomic mass is 10.1. The number of hydrogen-bond donors (Lipinski definition) is 1. The molecule has 0 spiro atoms. The lowest BCUT2D eigenvalue weighted by Crippen LogP contribution is -2.06. The van der Waals surface area contributed by atoms with Crippen LogP contribution in [0.25, 0.3) is 0 Å². The zero-order valence-electron chi connectivity index (χ0n) is 10.9. The molecule has 0 amide bonds. The number of aromatic amines is 1. The summed E-state index contributed by atoms with van der Waals surface area (Å²) in [4.78, 5) is 14.5. The molecular formula is C14H23NO2. The highest BCUT2D eigenvalue weighted by Gasteiger charge is 2.10. The van der Waals surface area contributed by atoms with E-state index in [0.29, 0.717) is 12.2 Å². The Balaban J connectivity index is 2.07. The van der Waals surface area contributed by atoms with Crippen LogP contribution in [0.5, 0.6) is 0 Å². The molecule has 0 aliphatic rings. The normalized spacial score (nSPS) is 10.5. The maximum Gasteiger partial charge on any atom is 0.339 e. The summed E-state index contributed by atoms with van der Waals surface area (Å²) in [5.74, 6) is -0.211. The first-order valence-corrected chi connectivity index (χ1v) is 6.56. The van der Waals surface area contributed by atoms with E-state index in [4.69, 9.17) is 4.74 Å². The maximum absolute atomic E-state index is 11.6. The number of carbonyl (C=O) groups is 1. The highest BCUT2D eigenvalue weighted by Crippen LogP contribution is 2.09. The molecule has 1 heterocycles. The molecule has 96 valence electrons. The molecule has 17 heavy (non-hydrogen) atoms. The predicted molar refractivity (Wildman–Crippen MR) is 69.2 cm³/mol. The number of hydrogen-bond acceptors (Lipinski definition) is 2. The Bertz CT molecular complexity index is 331. The fourth-order valence-corrected chi connectivity index (χ4v) is 1.79. The van der Waals surface area contributed by atoms with Crippen molar-refractivity contribution in [2.45, 2.75) is 52.4 Å². The van der Waals surface area contributed by atoms with Crippen LogP contribution in [0.4, 0.5) is 0 Å². The smallest absolute Gasteiger partial charge is 0.339 e. The SMILES string of the molecule is CCCCCCCCOC(=O)c1c[nH]cc1C. The number of unbranched alkanes of at least 4 members (excludes halogenated alkanes) is 5. The van der Waals surface area contributed by atoms with Crippen LogP contribution in [0.3, 0.4) is 0 Å². The Morgan fingerprint density at radius 1 is 1.18 bits per heavy atom. The highest BCUT2D eigenvalue weighted by atomic mass is 16.5. The van der Waals surface area contributed by atoms with Gasteiger partial charge in [0.05, 0.1) is 12.2 Å². The van der Waals surface area contributed by atoms with Crippen molar-refractivity contribution in [1.29, 1.82) is 0 Å². The summed E-state index contributed by atoms with van der Waals surface area (Å²) in [5.41, 5.74) is 1.59. The quantitative estimate of drug-likeness (QED) is 0.551. The number of H-pyrrole nitrogens is 1. The van der Waals surface area contributed by atoms with E-state index in [0.717, 1.165) is 18.4 Å². The number of ether oxygens (including phenoxy) is 1. The van der Waals surface area contributed by atoms with E-state index in [-0.39, 0.29) is 5.97 Å². The van der Waals surface area contributed by atoms with Gasteiger partial charge in [-0.15, -0.1) is 0 Å². The second kappa shape index (κ2) is 7.93. The van der Waals surface area contributed by atoms with Gasteiger partial charge in [0, 0.05) is 12.4 Å². The fourth-order valence-electron chi connectivity index (χ4n) is 1.79. The minimum atomic E-state index is -0.211. The van der Waals surface area contributed by atoms with Gasteiger partial charge in [0.1, 0.15) is 0 Å². The Morgan fingerprint density at radius 3 is 2.53 bits per heavy atom. The predicted octanol–water partition coefficient (Wildman–Crippen LogP) is 3.84. The fraction of sp³-hybridized carbons (Fsp3) is 0.643. The Kier molecular flexibility index (Phi) is 6.45. The molecule has 1 N–H and O–H groups in total. The van der Waals surface area contributed by atoms with Crippen LogP contribution in [0.15, 0.2) is 12.4 Å². The average molecular weight is 237 g/mol. The first-order valence-electron chi connectivity index (χ1n) is 6.56. The summed E-state index contributed by atoms with van der Waals surface area (Å²) in [6, 6.07) is 0. The van der Waals surface area contributed by atoms with Gasteiger partial charge in [0.15, 0.2) is 0 Å². The molecule has 0 atom stereocenters. The highest BCUT2D eigenvalue weighted by molar-refractivity contribution is 5.90. The topological polar surface area (TPSA) is 42.1 Å². The van der Waals surface area contributed by atoms with E-state index < -0.39 is 0 Å². The van der Waals surface area contributed by atoms with Crippen LogP contribution in [0.1, 0.15) is 61.4 Å². The molecule has 1 aromatic heterocycles. The molecular weight excluding hydrogens is 214 g/mol. The molecule has 3 nitrogen and oxygen atoms in total. The Hall–Kier alpha value is -1.25. The van der Waals surface area contributed by atoms with Gasteiger partial charge in [-0.3, -0.25) is 0 Å². The molecule has 0 saturated carbocycles. The van der Waals surface area contributed by atoms with Crippen molar-refractivity contribution in [3.63, 3.8) is 0 Å². The molecule has 0 fully saturated rings. The number of carbonyl (C=O) groups excluding carboxylic acids is 1. The summed E-state index contributed by atoms with van der Waals surface area (Å²) in [6.07, 6.45) is 10.7. The summed E-state index contributed by atoms with van der Waals surface area (Å²) in [6.45, 7) is 4.65. The molecule has 0 aromatic carbocycles. The van der Waals surface area contributed by atoms with Crippen molar-refractivity contribution in [2.75, 3.05) is 6.61 Å². The van der Waals surface area contributed by atoms with E-state index in [9.17, 15) is 4.79 Å². The van der Waals surface area contributed by atoms with Crippen LogP contribution in [-0.2, 0) is 4.74 Å². The van der Waals surface area contributed by atoms with Crippen LogP contribution >= 0.6 is 0 Å². The van der Waals surface area contributed by atoms with Gasteiger partial charge in [0.25, 0.3) is 0 Å². The first-order chi connectivity index (χ1) is 8.25. The number of esters is 1. The standard InChI is InChI=1S/C14H23NO2/c1-3-4-5-6-7-8-9-17-14(16)13-11-15-10-12(13)2/h10-11,15H,3-9H2,1-2H3. The zero-order valence-corrected chi connectivity index (χ0v) is 10.9. The van der Waals surface area contributed by atoms with E-state index in [1.807, 2.05) is 6.92 Å². The van der Waals surface area contributed by atoms with E-state index in [2.05, 4.69) is 11.9 Å². The van der Waals surface area contributed by atoms with E-state index in [1.54, 1.807) is 12.4 Å². The van der Waals surface area contributed by atoms with Gasteiger partial charge in [0.2, 0.25) is 0 Å². The van der Waals surface area contributed by atoms with Crippen molar-refractivity contribution in [3.05, 3.63) is 23.5 Å². The first kappa shape index (κ1) is 13.8. The lowest BCUT2D eigenvalue weighted by Gasteiger charge is -2.04. The van der Waals surface area contributed by atoms with Crippen LogP contribution < -0.4 is 0 Å². The number of aromatic nitrogens is 1. The Morgan fingerprint density at radius 2 is 1.88 bits per heavy atom. The number of rotatable bonds is 8. The zero-order chi connectivity index (χ0) is 12.5. The molecule has 0 radical (unpaired) electrons. The molecule has 0 aliphatic heterocycles. The van der Waals surface area contributed by atoms with Gasteiger partial charge in [-0.2, -0.15) is 0 Å². The van der Waals surface area contributed by atoms with Crippen molar-refractivity contribution in [1.82, 2.24) is 4.98 Å². The lowest BCUT2D eigenvalue weighted by molar-refractivity contribution is 0.0497. The molecule has 1 rings (SSSR count).